The van der Waals surface area contributed by atoms with Crippen molar-refractivity contribution in [2.75, 3.05) is 6.61 Å². The lowest BCUT2D eigenvalue weighted by Crippen LogP contribution is -2.30. The Labute approximate surface area is 189 Å². The van der Waals surface area contributed by atoms with Gasteiger partial charge >= 0.3 is 0 Å². The van der Waals surface area contributed by atoms with Crippen molar-refractivity contribution >= 4 is 0 Å². The molecule has 1 nitrogen and oxygen atoms in total. The molecule has 4 unspecified atom stereocenters. The highest BCUT2D eigenvalue weighted by atomic mass is 19.2. The summed E-state index contributed by atoms with van der Waals surface area (Å²) in [7, 11) is 0. The van der Waals surface area contributed by atoms with Gasteiger partial charge in [-0.3, -0.25) is 0 Å². The lowest BCUT2D eigenvalue weighted by atomic mass is 9.64. The number of halogens is 3. The van der Waals surface area contributed by atoms with Crippen molar-refractivity contribution in [1.82, 2.24) is 0 Å². The van der Waals surface area contributed by atoms with Crippen LogP contribution in [0.3, 0.4) is 0 Å². The molecule has 2 aliphatic carbocycles. The molecule has 0 heterocycles. The Morgan fingerprint density at radius 3 is 2.50 bits per heavy atom. The lowest BCUT2D eigenvalue weighted by molar-refractivity contribution is 0.132. The van der Waals surface area contributed by atoms with Crippen molar-refractivity contribution in [3.05, 3.63) is 78.2 Å². The summed E-state index contributed by atoms with van der Waals surface area (Å²) in [4.78, 5) is 0. The van der Waals surface area contributed by atoms with Gasteiger partial charge in [0.25, 0.3) is 0 Å². The highest BCUT2D eigenvalue weighted by Crippen LogP contribution is 2.48. The fraction of sp³-hybridized carbons (Fsp3) is 0.429. The third kappa shape index (κ3) is 4.65. The van der Waals surface area contributed by atoms with E-state index in [-0.39, 0.29) is 23.8 Å². The standard InChI is InChI=1S/C28H31F3O/c1-3-5-18-6-7-20-16-21(9-8-19(20)15-18)23-11-12-24(28(31)27(23)30)22-10-13-26(25(29)17-22)32-14-4-2/h3-5,10-13,17-21H,2,6-9,14-16H2,1H3/b5-3+. The molecule has 0 saturated heterocycles. The van der Waals surface area contributed by atoms with Gasteiger partial charge in [-0.05, 0) is 92.4 Å². The first-order valence-corrected chi connectivity index (χ1v) is 11.7. The smallest absolute Gasteiger partial charge is 0.166 e. The SMILES string of the molecule is C=CCOc1ccc(-c2ccc(C3CCC4CC(/C=C/C)CCC4C3)c(F)c2F)cc1F. The summed E-state index contributed by atoms with van der Waals surface area (Å²) in [6.45, 7) is 5.78. The first-order chi connectivity index (χ1) is 15.5. The van der Waals surface area contributed by atoms with Crippen LogP contribution < -0.4 is 4.74 Å². The van der Waals surface area contributed by atoms with E-state index in [0.717, 1.165) is 25.7 Å². The molecule has 0 radical (unpaired) electrons. The molecule has 0 amide bonds. The predicted octanol–water partition coefficient (Wildman–Crippen LogP) is 8.21. The molecule has 4 heteroatoms. The van der Waals surface area contributed by atoms with Gasteiger partial charge in [0.15, 0.2) is 23.2 Å². The Kier molecular flexibility index (Phi) is 7.07. The largest absolute Gasteiger partial charge is 0.486 e. The minimum atomic E-state index is -0.902. The van der Waals surface area contributed by atoms with Crippen molar-refractivity contribution in [1.29, 1.82) is 0 Å². The second-order valence-corrected chi connectivity index (χ2v) is 9.20. The third-order valence-corrected chi connectivity index (χ3v) is 7.27. The van der Waals surface area contributed by atoms with Crippen molar-refractivity contribution in [3.63, 3.8) is 0 Å². The van der Waals surface area contributed by atoms with Gasteiger partial charge in [-0.1, -0.05) is 43.0 Å². The maximum atomic E-state index is 15.2. The minimum Gasteiger partial charge on any atom is -0.486 e. The third-order valence-electron chi connectivity index (χ3n) is 7.27. The first kappa shape index (κ1) is 22.7. The van der Waals surface area contributed by atoms with E-state index in [1.165, 1.54) is 31.1 Å². The Hall–Kier alpha value is -2.49. The van der Waals surface area contributed by atoms with Crippen molar-refractivity contribution in [2.24, 2.45) is 17.8 Å². The number of allylic oxidation sites excluding steroid dienone is 2. The molecule has 0 bridgehead atoms. The molecule has 2 aromatic rings. The van der Waals surface area contributed by atoms with E-state index in [0.29, 0.717) is 28.9 Å². The molecular weight excluding hydrogens is 409 g/mol. The van der Waals surface area contributed by atoms with Crippen LogP contribution in [0.25, 0.3) is 11.1 Å². The number of hydrogen-bond acceptors (Lipinski definition) is 1. The first-order valence-electron chi connectivity index (χ1n) is 11.7. The summed E-state index contributed by atoms with van der Waals surface area (Å²) in [6.07, 6.45) is 12.4. The van der Waals surface area contributed by atoms with E-state index in [1.807, 2.05) is 0 Å². The fourth-order valence-electron chi connectivity index (χ4n) is 5.69. The Bertz CT molecular complexity index is 996. The molecule has 0 aliphatic heterocycles. The van der Waals surface area contributed by atoms with Gasteiger partial charge in [-0.25, -0.2) is 13.2 Å². The van der Waals surface area contributed by atoms with Crippen LogP contribution in [0.15, 0.2) is 55.1 Å². The van der Waals surface area contributed by atoms with Crippen LogP contribution in [0.2, 0.25) is 0 Å². The number of benzene rings is 2. The molecule has 4 rings (SSSR count). The second kappa shape index (κ2) is 9.97. The second-order valence-electron chi connectivity index (χ2n) is 9.20. The van der Waals surface area contributed by atoms with Gasteiger partial charge in [0, 0.05) is 5.56 Å². The number of ether oxygens (including phenoxy) is 1. The monoisotopic (exact) mass is 440 g/mol. The normalized spacial score (nSPS) is 25.5. The number of fused-ring (bicyclic) bond motifs is 1. The average Bonchev–Trinajstić information content (AvgIpc) is 2.80. The minimum absolute atomic E-state index is 0.0458. The maximum Gasteiger partial charge on any atom is 0.166 e. The number of hydrogen-bond donors (Lipinski definition) is 0. The summed E-state index contributed by atoms with van der Waals surface area (Å²) < 4.78 is 49.8. The van der Waals surface area contributed by atoms with Gasteiger partial charge in [0.2, 0.25) is 0 Å². The highest BCUT2D eigenvalue weighted by molar-refractivity contribution is 5.66. The van der Waals surface area contributed by atoms with E-state index in [9.17, 15) is 4.39 Å². The van der Waals surface area contributed by atoms with E-state index >= 15 is 8.78 Å². The van der Waals surface area contributed by atoms with Crippen LogP contribution >= 0.6 is 0 Å². The molecule has 2 fully saturated rings. The Balaban J connectivity index is 1.51. The average molecular weight is 441 g/mol. The maximum absolute atomic E-state index is 15.2. The van der Waals surface area contributed by atoms with Crippen LogP contribution in [-0.4, -0.2) is 6.61 Å². The van der Waals surface area contributed by atoms with Gasteiger partial charge < -0.3 is 4.74 Å². The molecule has 4 atom stereocenters. The molecule has 2 saturated carbocycles. The fourth-order valence-corrected chi connectivity index (χ4v) is 5.69. The van der Waals surface area contributed by atoms with Crippen molar-refractivity contribution in [3.8, 4) is 16.9 Å². The van der Waals surface area contributed by atoms with Crippen LogP contribution in [-0.2, 0) is 0 Å². The Morgan fingerprint density at radius 1 is 0.969 bits per heavy atom. The molecule has 0 N–H and O–H groups in total. The summed E-state index contributed by atoms with van der Waals surface area (Å²) in [5.41, 5.74) is 0.829. The van der Waals surface area contributed by atoms with Gasteiger partial charge in [-0.2, -0.15) is 0 Å². The number of rotatable bonds is 6. The zero-order valence-electron chi connectivity index (χ0n) is 18.6. The van der Waals surface area contributed by atoms with Crippen molar-refractivity contribution in [2.45, 2.75) is 51.4 Å². The van der Waals surface area contributed by atoms with Crippen LogP contribution in [0.5, 0.6) is 5.75 Å². The van der Waals surface area contributed by atoms with Gasteiger partial charge in [0.1, 0.15) is 6.61 Å². The molecular formula is C28H31F3O. The van der Waals surface area contributed by atoms with Crippen LogP contribution in [0, 0.1) is 35.2 Å². The quantitative estimate of drug-likeness (QED) is 0.411. The molecule has 170 valence electrons. The lowest BCUT2D eigenvalue weighted by Gasteiger charge is -2.42. The van der Waals surface area contributed by atoms with Crippen molar-refractivity contribution < 1.29 is 17.9 Å². The summed E-state index contributed by atoms with van der Waals surface area (Å²) in [5, 5.41) is 0. The molecule has 0 aromatic heterocycles. The van der Waals surface area contributed by atoms with E-state index < -0.39 is 17.5 Å². The predicted molar refractivity (Wildman–Crippen MR) is 123 cm³/mol. The molecule has 0 spiro atoms. The summed E-state index contributed by atoms with van der Waals surface area (Å²) >= 11 is 0. The Morgan fingerprint density at radius 2 is 1.75 bits per heavy atom. The topological polar surface area (TPSA) is 9.23 Å². The zero-order chi connectivity index (χ0) is 22.7. The van der Waals surface area contributed by atoms with E-state index in [1.54, 1.807) is 18.2 Å². The molecule has 2 aromatic carbocycles. The van der Waals surface area contributed by atoms with Gasteiger partial charge in [0.05, 0.1) is 0 Å². The highest BCUT2D eigenvalue weighted by Gasteiger charge is 2.36. The van der Waals surface area contributed by atoms with Crippen LogP contribution in [0.4, 0.5) is 13.2 Å². The summed E-state index contributed by atoms with van der Waals surface area (Å²) in [6, 6.07) is 7.45. The van der Waals surface area contributed by atoms with Gasteiger partial charge in [-0.15, -0.1) is 0 Å². The zero-order valence-corrected chi connectivity index (χ0v) is 18.6. The molecule has 2 aliphatic rings. The van der Waals surface area contributed by atoms with Crippen LogP contribution in [0.1, 0.15) is 56.9 Å². The van der Waals surface area contributed by atoms with E-state index in [2.05, 4.69) is 25.7 Å². The van der Waals surface area contributed by atoms with E-state index in [4.69, 9.17) is 4.74 Å². The molecule has 32 heavy (non-hydrogen) atoms. The summed E-state index contributed by atoms with van der Waals surface area (Å²) in [5.74, 6) is -0.244.